The Labute approximate surface area is 98.5 Å². The van der Waals surface area contributed by atoms with Crippen LogP contribution in [0.4, 0.5) is 0 Å². The van der Waals surface area contributed by atoms with Gasteiger partial charge in [-0.05, 0) is 31.4 Å². The average molecular weight is 231 g/mol. The van der Waals surface area contributed by atoms with Gasteiger partial charge in [0.15, 0.2) is 0 Å². The summed E-state index contributed by atoms with van der Waals surface area (Å²) in [6.45, 7) is 8.81. The van der Waals surface area contributed by atoms with Crippen LogP contribution in [0.1, 0.15) is 33.6 Å². The standard InChI is InChI=1S/C12H25NOS/c1-10(2)11(8-14-4)13-9-12(3)6-5-7-15-12/h10-11,13H,5-9H2,1-4H3. The second-order valence-electron chi connectivity index (χ2n) is 5.09. The summed E-state index contributed by atoms with van der Waals surface area (Å²) >= 11 is 2.11. The Balaban J connectivity index is 2.32. The van der Waals surface area contributed by atoms with Crippen molar-refractivity contribution in [2.75, 3.05) is 26.0 Å². The van der Waals surface area contributed by atoms with Gasteiger partial charge >= 0.3 is 0 Å². The molecule has 1 rings (SSSR count). The Hall–Kier alpha value is 0.270. The van der Waals surface area contributed by atoms with E-state index in [1.807, 2.05) is 0 Å². The number of hydrogen-bond donors (Lipinski definition) is 1. The molecular formula is C12H25NOS. The van der Waals surface area contributed by atoms with E-state index in [9.17, 15) is 0 Å². The molecule has 2 unspecified atom stereocenters. The highest BCUT2D eigenvalue weighted by atomic mass is 32.2. The summed E-state index contributed by atoms with van der Waals surface area (Å²) in [5.41, 5.74) is 0. The van der Waals surface area contributed by atoms with Crippen LogP contribution in [0, 0.1) is 5.92 Å². The molecule has 0 saturated carbocycles. The molecule has 15 heavy (non-hydrogen) atoms. The lowest BCUT2D eigenvalue weighted by Gasteiger charge is -2.28. The first-order valence-corrected chi connectivity index (χ1v) is 6.92. The number of nitrogens with one attached hydrogen (secondary N) is 1. The lowest BCUT2D eigenvalue weighted by Crippen LogP contribution is -2.44. The van der Waals surface area contributed by atoms with E-state index in [0.29, 0.717) is 16.7 Å². The van der Waals surface area contributed by atoms with Crippen LogP contribution in [0.2, 0.25) is 0 Å². The zero-order valence-electron chi connectivity index (χ0n) is 10.5. The van der Waals surface area contributed by atoms with Crippen LogP contribution < -0.4 is 5.32 Å². The van der Waals surface area contributed by atoms with Crippen LogP contribution >= 0.6 is 11.8 Å². The third-order valence-corrected chi connectivity index (χ3v) is 4.73. The lowest BCUT2D eigenvalue weighted by molar-refractivity contribution is 0.146. The van der Waals surface area contributed by atoms with Gasteiger partial charge in [0.2, 0.25) is 0 Å². The number of hydrogen-bond acceptors (Lipinski definition) is 3. The third-order valence-electron chi connectivity index (χ3n) is 3.19. The Kier molecular flexibility index (Phi) is 5.44. The fraction of sp³-hybridized carbons (Fsp3) is 1.00. The van der Waals surface area contributed by atoms with E-state index in [1.165, 1.54) is 18.6 Å². The largest absolute Gasteiger partial charge is 0.383 e. The molecule has 2 nitrogen and oxygen atoms in total. The second-order valence-corrected chi connectivity index (χ2v) is 6.77. The quantitative estimate of drug-likeness (QED) is 0.759. The van der Waals surface area contributed by atoms with E-state index < -0.39 is 0 Å². The van der Waals surface area contributed by atoms with Gasteiger partial charge < -0.3 is 10.1 Å². The van der Waals surface area contributed by atoms with Gasteiger partial charge in [-0.15, -0.1) is 0 Å². The zero-order chi connectivity index (χ0) is 11.3. The van der Waals surface area contributed by atoms with Gasteiger partial charge in [0, 0.05) is 24.4 Å². The summed E-state index contributed by atoms with van der Waals surface area (Å²) in [5.74, 6) is 1.97. The highest BCUT2D eigenvalue weighted by Crippen LogP contribution is 2.37. The maximum atomic E-state index is 5.24. The minimum Gasteiger partial charge on any atom is -0.383 e. The molecule has 0 aromatic carbocycles. The number of thioether (sulfide) groups is 1. The number of rotatable bonds is 6. The lowest BCUT2D eigenvalue weighted by atomic mass is 10.0. The summed E-state index contributed by atoms with van der Waals surface area (Å²) < 4.78 is 5.70. The van der Waals surface area contributed by atoms with Gasteiger partial charge in [-0.3, -0.25) is 0 Å². The summed E-state index contributed by atoms with van der Waals surface area (Å²) in [6.07, 6.45) is 2.72. The van der Waals surface area contributed by atoms with Crippen molar-refractivity contribution in [2.45, 2.75) is 44.4 Å². The van der Waals surface area contributed by atoms with Crippen LogP contribution in [-0.4, -0.2) is 36.8 Å². The monoisotopic (exact) mass is 231 g/mol. The van der Waals surface area contributed by atoms with Crippen molar-refractivity contribution in [1.82, 2.24) is 5.32 Å². The molecule has 1 N–H and O–H groups in total. The first-order chi connectivity index (χ1) is 7.07. The molecule has 0 spiro atoms. The SMILES string of the molecule is COCC(NCC1(C)CCCS1)C(C)C. The van der Waals surface area contributed by atoms with E-state index in [0.717, 1.165) is 13.2 Å². The fourth-order valence-corrected chi connectivity index (χ4v) is 3.25. The van der Waals surface area contributed by atoms with Crippen LogP contribution in [0.25, 0.3) is 0 Å². The van der Waals surface area contributed by atoms with Crippen molar-refractivity contribution in [3.63, 3.8) is 0 Å². The molecule has 1 fully saturated rings. The molecule has 3 heteroatoms. The van der Waals surface area contributed by atoms with Crippen molar-refractivity contribution in [3.05, 3.63) is 0 Å². The first-order valence-electron chi connectivity index (χ1n) is 5.94. The second kappa shape index (κ2) is 6.12. The molecule has 0 aromatic heterocycles. The van der Waals surface area contributed by atoms with Gasteiger partial charge in [-0.2, -0.15) is 11.8 Å². The average Bonchev–Trinajstić information content (AvgIpc) is 2.60. The normalized spacial score (nSPS) is 28.6. The Morgan fingerprint density at radius 1 is 1.47 bits per heavy atom. The summed E-state index contributed by atoms with van der Waals surface area (Å²) in [6, 6.07) is 0.494. The van der Waals surface area contributed by atoms with Gasteiger partial charge in [0.25, 0.3) is 0 Å². The van der Waals surface area contributed by atoms with E-state index in [4.69, 9.17) is 4.74 Å². The van der Waals surface area contributed by atoms with Crippen LogP contribution in [-0.2, 0) is 4.74 Å². The number of methoxy groups -OCH3 is 1. The van der Waals surface area contributed by atoms with Crippen LogP contribution in [0.5, 0.6) is 0 Å². The molecule has 1 saturated heterocycles. The highest BCUT2D eigenvalue weighted by molar-refractivity contribution is 8.00. The maximum absolute atomic E-state index is 5.24. The maximum Gasteiger partial charge on any atom is 0.0618 e. The molecule has 0 bridgehead atoms. The van der Waals surface area contributed by atoms with Crippen molar-refractivity contribution in [2.24, 2.45) is 5.92 Å². The van der Waals surface area contributed by atoms with E-state index in [2.05, 4.69) is 37.8 Å². The topological polar surface area (TPSA) is 21.3 Å². The first kappa shape index (κ1) is 13.3. The summed E-state index contributed by atoms with van der Waals surface area (Å²) in [5, 5.41) is 3.66. The zero-order valence-corrected chi connectivity index (χ0v) is 11.3. The Bertz CT molecular complexity index is 178. The van der Waals surface area contributed by atoms with Crippen molar-refractivity contribution >= 4 is 11.8 Å². The van der Waals surface area contributed by atoms with E-state index >= 15 is 0 Å². The van der Waals surface area contributed by atoms with Gasteiger partial charge in [0.1, 0.15) is 0 Å². The fourth-order valence-electron chi connectivity index (χ4n) is 1.99. The minimum absolute atomic E-state index is 0.459. The van der Waals surface area contributed by atoms with Crippen LogP contribution in [0.15, 0.2) is 0 Å². The molecule has 0 aliphatic carbocycles. The Morgan fingerprint density at radius 2 is 2.20 bits per heavy atom. The van der Waals surface area contributed by atoms with Crippen molar-refractivity contribution in [1.29, 1.82) is 0 Å². The smallest absolute Gasteiger partial charge is 0.0618 e. The van der Waals surface area contributed by atoms with E-state index in [-0.39, 0.29) is 0 Å². The Morgan fingerprint density at radius 3 is 2.67 bits per heavy atom. The molecule has 1 aliphatic rings. The highest BCUT2D eigenvalue weighted by Gasteiger charge is 2.30. The van der Waals surface area contributed by atoms with E-state index in [1.54, 1.807) is 7.11 Å². The van der Waals surface area contributed by atoms with Crippen molar-refractivity contribution in [3.8, 4) is 0 Å². The third kappa shape index (κ3) is 4.33. The van der Waals surface area contributed by atoms with Gasteiger partial charge in [-0.25, -0.2) is 0 Å². The predicted molar refractivity (Wildman–Crippen MR) is 68.6 cm³/mol. The molecule has 1 aliphatic heterocycles. The van der Waals surface area contributed by atoms with Gasteiger partial charge in [0.05, 0.1) is 6.61 Å². The molecule has 90 valence electrons. The summed E-state index contributed by atoms with van der Waals surface area (Å²) in [7, 11) is 1.78. The molecule has 1 heterocycles. The molecule has 0 radical (unpaired) electrons. The minimum atomic E-state index is 0.459. The van der Waals surface area contributed by atoms with Crippen LogP contribution in [0.3, 0.4) is 0 Å². The molecule has 0 aromatic rings. The molecule has 2 atom stereocenters. The summed E-state index contributed by atoms with van der Waals surface area (Å²) in [4.78, 5) is 0. The molecule has 0 amide bonds. The van der Waals surface area contributed by atoms with Gasteiger partial charge in [-0.1, -0.05) is 13.8 Å². The van der Waals surface area contributed by atoms with Crippen molar-refractivity contribution < 1.29 is 4.74 Å². The predicted octanol–water partition coefficient (Wildman–Crippen LogP) is 2.53. The number of ether oxygens (including phenoxy) is 1. The molecular weight excluding hydrogens is 206 g/mol.